The Bertz CT molecular complexity index is 930. The van der Waals surface area contributed by atoms with Crippen LogP contribution in [0, 0.1) is 11.6 Å². The number of benzene rings is 2. The number of aromatic nitrogens is 2. The van der Waals surface area contributed by atoms with Gasteiger partial charge in [0.25, 0.3) is 5.89 Å². The Balaban J connectivity index is 1.49. The molecule has 6 nitrogen and oxygen atoms in total. The van der Waals surface area contributed by atoms with Gasteiger partial charge in [-0.1, -0.05) is 5.16 Å². The summed E-state index contributed by atoms with van der Waals surface area (Å²) < 4.78 is 37.5. The first kappa shape index (κ1) is 17.6. The van der Waals surface area contributed by atoms with E-state index in [1.54, 1.807) is 24.3 Å². The van der Waals surface area contributed by atoms with Crippen molar-refractivity contribution in [2.45, 2.75) is 6.04 Å². The Morgan fingerprint density at radius 3 is 2.74 bits per heavy atom. The summed E-state index contributed by atoms with van der Waals surface area (Å²) in [4.78, 5) is 6.67. The number of ether oxygens (including phenoxy) is 1. The monoisotopic (exact) mass is 372 g/mol. The summed E-state index contributed by atoms with van der Waals surface area (Å²) in [6.07, 6.45) is 0. The fourth-order valence-electron chi connectivity index (χ4n) is 2.93. The average molecular weight is 372 g/mol. The summed E-state index contributed by atoms with van der Waals surface area (Å²) in [5, 5.41) is 7.41. The predicted octanol–water partition coefficient (Wildman–Crippen LogP) is 3.38. The molecule has 4 rings (SSSR count). The number of hydrogen-bond acceptors (Lipinski definition) is 6. The Morgan fingerprint density at radius 2 is 2.00 bits per heavy atom. The largest absolute Gasteiger partial charge is 0.454 e. The van der Waals surface area contributed by atoms with Crippen LogP contribution in [-0.2, 0) is 0 Å². The molecule has 1 unspecified atom stereocenters. The molecule has 1 atom stereocenters. The Hall–Kier alpha value is -2.84. The van der Waals surface area contributed by atoms with Crippen LogP contribution in [0.15, 0.2) is 47.0 Å². The third-order valence-electron chi connectivity index (χ3n) is 4.47. The standard InChI is InChI=1S/C19H18F2N4O2/c1-25-9-8-22-11-16(25)18-23-19(27-24-18)12-2-5-14(6-3-12)26-17-7-4-13(20)10-15(17)21/h2-7,10,16,22H,8-9,11H2,1H3. The van der Waals surface area contributed by atoms with E-state index in [-0.39, 0.29) is 11.8 Å². The smallest absolute Gasteiger partial charge is 0.257 e. The van der Waals surface area contributed by atoms with Crippen molar-refractivity contribution in [3.8, 4) is 23.0 Å². The molecule has 2 heterocycles. The minimum absolute atomic E-state index is 0.0444. The second-order valence-corrected chi connectivity index (χ2v) is 6.36. The highest BCUT2D eigenvalue weighted by Gasteiger charge is 2.25. The van der Waals surface area contributed by atoms with Crippen LogP contribution in [0.25, 0.3) is 11.5 Å². The van der Waals surface area contributed by atoms with Crippen LogP contribution in [0.4, 0.5) is 8.78 Å². The molecule has 1 N–H and O–H groups in total. The quantitative estimate of drug-likeness (QED) is 0.758. The molecular weight excluding hydrogens is 354 g/mol. The van der Waals surface area contributed by atoms with Crippen molar-refractivity contribution in [1.29, 1.82) is 0 Å². The first-order valence-corrected chi connectivity index (χ1v) is 8.58. The van der Waals surface area contributed by atoms with Crippen LogP contribution in [0.2, 0.25) is 0 Å². The lowest BCUT2D eigenvalue weighted by molar-refractivity contribution is 0.190. The van der Waals surface area contributed by atoms with Crippen molar-refractivity contribution >= 4 is 0 Å². The molecule has 0 aliphatic carbocycles. The zero-order valence-electron chi connectivity index (χ0n) is 14.7. The number of piperazine rings is 1. The molecule has 0 bridgehead atoms. The molecule has 8 heteroatoms. The lowest BCUT2D eigenvalue weighted by Crippen LogP contribution is -2.44. The number of likely N-dealkylation sites (N-methyl/N-ethyl adjacent to an activating group) is 1. The maximum Gasteiger partial charge on any atom is 0.257 e. The van der Waals surface area contributed by atoms with Crippen molar-refractivity contribution in [1.82, 2.24) is 20.4 Å². The van der Waals surface area contributed by atoms with Gasteiger partial charge in [0.2, 0.25) is 0 Å². The molecule has 1 fully saturated rings. The number of hydrogen-bond donors (Lipinski definition) is 1. The SMILES string of the molecule is CN1CCNCC1c1noc(-c2ccc(Oc3ccc(F)cc3F)cc2)n1. The number of halogens is 2. The third kappa shape index (κ3) is 3.81. The summed E-state index contributed by atoms with van der Waals surface area (Å²) >= 11 is 0. The highest BCUT2D eigenvalue weighted by Crippen LogP contribution is 2.28. The number of rotatable bonds is 4. The predicted molar refractivity (Wildman–Crippen MR) is 94.4 cm³/mol. The van der Waals surface area contributed by atoms with Crippen molar-refractivity contribution in [2.75, 3.05) is 26.7 Å². The minimum atomic E-state index is -0.758. The molecule has 0 radical (unpaired) electrons. The van der Waals surface area contributed by atoms with Crippen molar-refractivity contribution in [3.63, 3.8) is 0 Å². The molecule has 1 aliphatic heterocycles. The van der Waals surface area contributed by atoms with Gasteiger partial charge >= 0.3 is 0 Å². The van der Waals surface area contributed by atoms with Crippen LogP contribution in [0.5, 0.6) is 11.5 Å². The van der Waals surface area contributed by atoms with Gasteiger partial charge in [0.1, 0.15) is 11.6 Å². The number of nitrogens with zero attached hydrogens (tertiary/aromatic N) is 3. The second-order valence-electron chi connectivity index (χ2n) is 6.36. The Labute approximate surface area is 154 Å². The summed E-state index contributed by atoms with van der Waals surface area (Å²) in [5.41, 5.74) is 0.729. The molecule has 27 heavy (non-hydrogen) atoms. The lowest BCUT2D eigenvalue weighted by Gasteiger charge is -2.30. The second kappa shape index (κ2) is 7.42. The van der Waals surface area contributed by atoms with Gasteiger partial charge in [0.15, 0.2) is 17.4 Å². The van der Waals surface area contributed by atoms with Crippen molar-refractivity contribution in [2.24, 2.45) is 0 Å². The maximum absolute atomic E-state index is 13.7. The Kier molecular flexibility index (Phi) is 4.83. The van der Waals surface area contributed by atoms with Gasteiger partial charge in [-0.25, -0.2) is 8.78 Å². The zero-order valence-corrected chi connectivity index (χ0v) is 14.7. The van der Waals surface area contributed by atoms with E-state index in [0.29, 0.717) is 17.5 Å². The minimum Gasteiger partial charge on any atom is -0.454 e. The normalized spacial score (nSPS) is 17.8. The Morgan fingerprint density at radius 1 is 1.19 bits per heavy atom. The molecule has 0 spiro atoms. The van der Waals surface area contributed by atoms with Crippen LogP contribution < -0.4 is 10.1 Å². The van der Waals surface area contributed by atoms with E-state index in [1.807, 2.05) is 7.05 Å². The van der Waals surface area contributed by atoms with E-state index in [9.17, 15) is 8.78 Å². The summed E-state index contributed by atoms with van der Waals surface area (Å²) in [6.45, 7) is 2.62. The first-order chi connectivity index (χ1) is 13.1. The first-order valence-electron chi connectivity index (χ1n) is 8.58. The fraction of sp³-hybridized carbons (Fsp3) is 0.263. The maximum atomic E-state index is 13.7. The van der Waals surface area contributed by atoms with Gasteiger partial charge in [-0.2, -0.15) is 4.98 Å². The van der Waals surface area contributed by atoms with E-state index in [0.717, 1.165) is 37.3 Å². The summed E-state index contributed by atoms with van der Waals surface area (Å²) in [6, 6.07) is 10.1. The van der Waals surface area contributed by atoms with E-state index in [2.05, 4.69) is 20.4 Å². The van der Waals surface area contributed by atoms with E-state index in [1.165, 1.54) is 6.07 Å². The van der Waals surface area contributed by atoms with Gasteiger partial charge in [0.05, 0.1) is 6.04 Å². The highest BCUT2D eigenvalue weighted by molar-refractivity contribution is 5.54. The van der Waals surface area contributed by atoms with E-state index < -0.39 is 11.6 Å². The van der Waals surface area contributed by atoms with Gasteiger partial charge < -0.3 is 14.6 Å². The topological polar surface area (TPSA) is 63.4 Å². The van der Waals surface area contributed by atoms with Gasteiger partial charge in [0, 0.05) is 31.3 Å². The molecule has 3 aromatic rings. The molecule has 1 aromatic heterocycles. The zero-order chi connectivity index (χ0) is 18.8. The molecule has 140 valence electrons. The van der Waals surface area contributed by atoms with Crippen LogP contribution in [0.1, 0.15) is 11.9 Å². The third-order valence-corrected chi connectivity index (χ3v) is 4.47. The average Bonchev–Trinajstić information content (AvgIpc) is 3.15. The molecule has 1 saturated heterocycles. The number of nitrogens with one attached hydrogen (secondary N) is 1. The van der Waals surface area contributed by atoms with E-state index in [4.69, 9.17) is 9.26 Å². The molecular formula is C19H18F2N4O2. The van der Waals surface area contributed by atoms with Crippen LogP contribution in [0.3, 0.4) is 0 Å². The van der Waals surface area contributed by atoms with Crippen LogP contribution >= 0.6 is 0 Å². The lowest BCUT2D eigenvalue weighted by atomic mass is 10.2. The molecule has 1 aliphatic rings. The summed E-state index contributed by atoms with van der Waals surface area (Å²) in [7, 11) is 2.03. The van der Waals surface area contributed by atoms with Gasteiger partial charge in [-0.05, 0) is 43.4 Å². The van der Waals surface area contributed by atoms with E-state index >= 15 is 0 Å². The van der Waals surface area contributed by atoms with Gasteiger partial charge in [-0.3, -0.25) is 4.90 Å². The van der Waals surface area contributed by atoms with Gasteiger partial charge in [-0.15, -0.1) is 0 Å². The molecule has 0 saturated carbocycles. The summed E-state index contributed by atoms with van der Waals surface area (Å²) in [5.74, 6) is 0.00112. The fourth-order valence-corrected chi connectivity index (χ4v) is 2.93. The highest BCUT2D eigenvalue weighted by atomic mass is 19.1. The molecule has 0 amide bonds. The van der Waals surface area contributed by atoms with Crippen molar-refractivity contribution in [3.05, 3.63) is 59.9 Å². The van der Waals surface area contributed by atoms with Crippen LogP contribution in [-0.4, -0.2) is 41.7 Å². The molecule has 2 aromatic carbocycles. The van der Waals surface area contributed by atoms with Crippen molar-refractivity contribution < 1.29 is 18.0 Å².